The van der Waals surface area contributed by atoms with Gasteiger partial charge in [-0.1, -0.05) is 11.6 Å². The number of hydrogen-bond acceptors (Lipinski definition) is 6. The van der Waals surface area contributed by atoms with Gasteiger partial charge in [0, 0.05) is 43.5 Å². The number of methoxy groups -OCH3 is 1. The lowest BCUT2D eigenvalue weighted by molar-refractivity contribution is 0.179. The van der Waals surface area contributed by atoms with Gasteiger partial charge in [-0.25, -0.2) is 9.37 Å². The van der Waals surface area contributed by atoms with E-state index in [9.17, 15) is 4.39 Å². The molecular formula is C14H16ClFN4OS. The maximum absolute atomic E-state index is 13.5. The summed E-state index contributed by atoms with van der Waals surface area (Å²) in [7, 11) is 1.62. The first kappa shape index (κ1) is 15.5. The molecule has 1 atom stereocenters. The first-order valence-corrected chi connectivity index (χ1v) is 8.09. The molecule has 8 heteroatoms. The Balaban J connectivity index is 1.60. The number of hydrogen-bond donors (Lipinski definition) is 1. The SMILES string of the molecule is COCc1nsc(N[C@H]2CCN(c3ccc(Cl)c(F)c3)C2)n1. The molecule has 1 aromatic heterocycles. The quantitative estimate of drug-likeness (QED) is 0.904. The van der Waals surface area contributed by atoms with E-state index in [0.717, 1.165) is 30.3 Å². The van der Waals surface area contributed by atoms with Crippen LogP contribution in [0.2, 0.25) is 5.02 Å². The van der Waals surface area contributed by atoms with Crippen LogP contribution >= 0.6 is 23.1 Å². The molecular weight excluding hydrogens is 327 g/mol. The Labute approximate surface area is 137 Å². The van der Waals surface area contributed by atoms with Crippen molar-refractivity contribution in [2.75, 3.05) is 30.4 Å². The monoisotopic (exact) mass is 342 g/mol. The van der Waals surface area contributed by atoms with E-state index in [2.05, 4.69) is 19.6 Å². The third kappa shape index (κ3) is 3.48. The summed E-state index contributed by atoms with van der Waals surface area (Å²) in [4.78, 5) is 6.50. The smallest absolute Gasteiger partial charge is 0.202 e. The Hall–Kier alpha value is -1.44. The molecule has 1 N–H and O–H groups in total. The van der Waals surface area contributed by atoms with Crippen LogP contribution in [0.15, 0.2) is 18.2 Å². The minimum absolute atomic E-state index is 0.150. The van der Waals surface area contributed by atoms with Gasteiger partial charge < -0.3 is 15.0 Å². The van der Waals surface area contributed by atoms with Crippen molar-refractivity contribution in [1.82, 2.24) is 9.36 Å². The number of rotatable bonds is 5. The summed E-state index contributed by atoms with van der Waals surface area (Å²) in [6.45, 7) is 2.07. The van der Waals surface area contributed by atoms with Crippen molar-refractivity contribution < 1.29 is 9.13 Å². The zero-order valence-electron chi connectivity index (χ0n) is 12.1. The lowest BCUT2D eigenvalue weighted by Gasteiger charge is -2.19. The normalized spacial score (nSPS) is 18.0. The van der Waals surface area contributed by atoms with Crippen LogP contribution in [0.5, 0.6) is 0 Å². The average Bonchev–Trinajstić information content (AvgIpc) is 3.13. The molecule has 0 saturated carbocycles. The zero-order valence-corrected chi connectivity index (χ0v) is 13.6. The minimum atomic E-state index is -0.385. The van der Waals surface area contributed by atoms with Gasteiger partial charge in [0.25, 0.3) is 0 Å². The molecule has 5 nitrogen and oxygen atoms in total. The molecule has 0 spiro atoms. The van der Waals surface area contributed by atoms with Crippen molar-refractivity contribution in [1.29, 1.82) is 0 Å². The maximum Gasteiger partial charge on any atom is 0.202 e. The van der Waals surface area contributed by atoms with Gasteiger partial charge in [0.2, 0.25) is 5.13 Å². The largest absolute Gasteiger partial charge is 0.377 e. The maximum atomic E-state index is 13.5. The minimum Gasteiger partial charge on any atom is -0.377 e. The summed E-state index contributed by atoms with van der Waals surface area (Å²) in [5.74, 6) is 0.300. The zero-order chi connectivity index (χ0) is 15.5. The standard InChI is InChI=1S/C14H16ClFN4OS/c1-21-8-13-18-14(22-19-13)17-9-4-5-20(7-9)10-2-3-11(15)12(16)6-10/h2-3,6,9H,4-5,7-8H2,1H3,(H,17,18,19)/t9-/m0/s1. The fourth-order valence-electron chi connectivity index (χ4n) is 2.47. The molecule has 1 aromatic carbocycles. The average molecular weight is 343 g/mol. The number of nitrogens with zero attached hydrogens (tertiary/aromatic N) is 3. The molecule has 1 fully saturated rings. The summed E-state index contributed by atoms with van der Waals surface area (Å²) < 4.78 is 22.8. The second-order valence-corrected chi connectivity index (χ2v) is 6.28. The third-order valence-corrected chi connectivity index (χ3v) is 4.52. The van der Waals surface area contributed by atoms with E-state index < -0.39 is 0 Å². The van der Waals surface area contributed by atoms with Gasteiger partial charge >= 0.3 is 0 Å². The molecule has 0 bridgehead atoms. The van der Waals surface area contributed by atoms with Crippen LogP contribution in [-0.2, 0) is 11.3 Å². The molecule has 1 saturated heterocycles. The van der Waals surface area contributed by atoms with Gasteiger partial charge in [-0.3, -0.25) is 0 Å². The highest BCUT2D eigenvalue weighted by atomic mass is 35.5. The Kier molecular flexibility index (Phi) is 4.75. The van der Waals surface area contributed by atoms with Crippen molar-refractivity contribution in [2.24, 2.45) is 0 Å². The first-order chi connectivity index (χ1) is 10.7. The Morgan fingerprint density at radius 3 is 3.18 bits per heavy atom. The van der Waals surface area contributed by atoms with E-state index in [1.807, 2.05) is 6.07 Å². The van der Waals surface area contributed by atoms with Gasteiger partial charge in [-0.05, 0) is 24.6 Å². The molecule has 1 aliphatic heterocycles. The van der Waals surface area contributed by atoms with E-state index in [0.29, 0.717) is 12.4 Å². The van der Waals surface area contributed by atoms with E-state index >= 15 is 0 Å². The van der Waals surface area contributed by atoms with Crippen molar-refractivity contribution in [3.63, 3.8) is 0 Å². The van der Waals surface area contributed by atoms with Crippen molar-refractivity contribution >= 4 is 34.0 Å². The number of aromatic nitrogens is 2. The van der Waals surface area contributed by atoms with Crippen molar-refractivity contribution in [3.8, 4) is 0 Å². The number of anilines is 2. The van der Waals surface area contributed by atoms with E-state index in [4.69, 9.17) is 16.3 Å². The summed E-state index contributed by atoms with van der Waals surface area (Å²) >= 11 is 7.05. The van der Waals surface area contributed by atoms with Crippen LogP contribution in [0.1, 0.15) is 12.2 Å². The molecule has 118 valence electrons. The molecule has 0 aliphatic carbocycles. The van der Waals surface area contributed by atoms with E-state index in [1.54, 1.807) is 13.2 Å². The third-order valence-electron chi connectivity index (χ3n) is 3.53. The topological polar surface area (TPSA) is 50.3 Å². The number of nitrogens with one attached hydrogen (secondary N) is 1. The molecule has 0 unspecified atom stereocenters. The molecule has 0 amide bonds. The second kappa shape index (κ2) is 6.76. The summed E-state index contributed by atoms with van der Waals surface area (Å²) in [6, 6.07) is 5.18. The van der Waals surface area contributed by atoms with E-state index in [1.165, 1.54) is 17.6 Å². The second-order valence-electron chi connectivity index (χ2n) is 5.12. The number of halogens is 2. The van der Waals surface area contributed by atoms with Crippen LogP contribution in [0.4, 0.5) is 15.2 Å². The lowest BCUT2D eigenvalue weighted by Crippen LogP contribution is -2.26. The van der Waals surface area contributed by atoms with Gasteiger partial charge in [0.15, 0.2) is 5.82 Å². The highest BCUT2D eigenvalue weighted by molar-refractivity contribution is 7.09. The molecule has 22 heavy (non-hydrogen) atoms. The Bertz CT molecular complexity index is 654. The highest BCUT2D eigenvalue weighted by Crippen LogP contribution is 2.26. The Morgan fingerprint density at radius 1 is 1.55 bits per heavy atom. The molecule has 2 aromatic rings. The van der Waals surface area contributed by atoms with Crippen LogP contribution in [-0.4, -0.2) is 35.6 Å². The summed E-state index contributed by atoms with van der Waals surface area (Å²) in [5, 5.41) is 4.32. The lowest BCUT2D eigenvalue weighted by atomic mass is 10.3. The summed E-state index contributed by atoms with van der Waals surface area (Å²) in [6.07, 6.45) is 0.962. The molecule has 1 aliphatic rings. The van der Waals surface area contributed by atoms with Gasteiger partial charge in [-0.2, -0.15) is 4.37 Å². The predicted octanol–water partition coefficient (Wildman–Crippen LogP) is 3.17. The van der Waals surface area contributed by atoms with Gasteiger partial charge in [0.05, 0.1) is 5.02 Å². The number of benzene rings is 1. The van der Waals surface area contributed by atoms with Gasteiger partial charge in [0.1, 0.15) is 12.4 Å². The fourth-order valence-corrected chi connectivity index (χ4v) is 3.24. The summed E-state index contributed by atoms with van der Waals surface area (Å²) in [5.41, 5.74) is 0.850. The van der Waals surface area contributed by atoms with Crippen LogP contribution in [0, 0.1) is 5.82 Å². The van der Waals surface area contributed by atoms with Crippen LogP contribution < -0.4 is 10.2 Å². The molecule has 0 radical (unpaired) electrons. The van der Waals surface area contributed by atoms with Gasteiger partial charge in [-0.15, -0.1) is 0 Å². The first-order valence-electron chi connectivity index (χ1n) is 6.94. The molecule has 3 rings (SSSR count). The number of ether oxygens (including phenoxy) is 1. The van der Waals surface area contributed by atoms with Crippen molar-refractivity contribution in [2.45, 2.75) is 19.1 Å². The predicted molar refractivity (Wildman–Crippen MR) is 86.3 cm³/mol. The van der Waals surface area contributed by atoms with E-state index in [-0.39, 0.29) is 16.9 Å². The Morgan fingerprint density at radius 2 is 2.41 bits per heavy atom. The van der Waals surface area contributed by atoms with Crippen molar-refractivity contribution in [3.05, 3.63) is 34.9 Å². The molecule has 2 heterocycles. The van der Waals surface area contributed by atoms with Crippen LogP contribution in [0.3, 0.4) is 0 Å². The van der Waals surface area contributed by atoms with Crippen LogP contribution in [0.25, 0.3) is 0 Å². The fraction of sp³-hybridized carbons (Fsp3) is 0.429. The highest BCUT2D eigenvalue weighted by Gasteiger charge is 2.24.